The van der Waals surface area contributed by atoms with E-state index in [1.807, 2.05) is 5.32 Å². The Balaban J connectivity index is 2.01. The van der Waals surface area contributed by atoms with Crippen molar-refractivity contribution in [1.29, 1.82) is 0 Å². The van der Waals surface area contributed by atoms with Crippen molar-refractivity contribution in [1.82, 2.24) is 5.32 Å². The second-order valence-corrected chi connectivity index (χ2v) is 6.16. The SMILES string of the molecule is O=C(N[C@@H](Cc1ccc(O)c(O)c1)C(=O)O)OC1O[C@H](CO)[C@@H](O)[C@H](O)[C@H]1O. The third-order valence-corrected chi connectivity index (χ3v) is 4.14. The van der Waals surface area contributed by atoms with Crippen LogP contribution in [0.1, 0.15) is 5.56 Å². The molecule has 28 heavy (non-hydrogen) atoms. The van der Waals surface area contributed by atoms with Gasteiger partial charge in [-0.2, -0.15) is 0 Å². The molecule has 12 nitrogen and oxygen atoms in total. The summed E-state index contributed by atoms with van der Waals surface area (Å²) in [5, 5.41) is 68.2. The van der Waals surface area contributed by atoms with Gasteiger partial charge in [-0.3, -0.25) is 0 Å². The van der Waals surface area contributed by atoms with Crippen molar-refractivity contribution in [3.05, 3.63) is 23.8 Å². The number of hydrogen-bond donors (Lipinski definition) is 8. The summed E-state index contributed by atoms with van der Waals surface area (Å²) in [6.07, 6.45) is -9.88. The normalized spacial score (nSPS) is 28.4. The second-order valence-electron chi connectivity index (χ2n) is 6.16. The smallest absolute Gasteiger partial charge is 0.410 e. The van der Waals surface area contributed by atoms with Gasteiger partial charge in [0.25, 0.3) is 0 Å². The van der Waals surface area contributed by atoms with E-state index in [4.69, 9.17) is 14.6 Å². The molecule has 2 rings (SSSR count). The summed E-state index contributed by atoms with van der Waals surface area (Å²) in [4.78, 5) is 23.4. The van der Waals surface area contributed by atoms with Crippen LogP contribution in [0.25, 0.3) is 0 Å². The number of alkyl carbamates (subject to hydrolysis) is 1. The molecule has 1 saturated heterocycles. The van der Waals surface area contributed by atoms with Crippen LogP contribution in [0.4, 0.5) is 4.79 Å². The predicted octanol–water partition coefficient (Wildman–Crippen LogP) is -2.38. The number of aromatic hydroxyl groups is 2. The highest BCUT2D eigenvalue weighted by Crippen LogP contribution is 2.25. The van der Waals surface area contributed by atoms with Crippen LogP contribution in [0.5, 0.6) is 11.5 Å². The number of ether oxygens (including phenoxy) is 2. The molecule has 1 aromatic carbocycles. The van der Waals surface area contributed by atoms with Crippen LogP contribution in [0, 0.1) is 0 Å². The van der Waals surface area contributed by atoms with Crippen molar-refractivity contribution in [2.45, 2.75) is 43.2 Å². The van der Waals surface area contributed by atoms with Crippen molar-refractivity contribution in [2.24, 2.45) is 0 Å². The lowest BCUT2D eigenvalue weighted by Crippen LogP contribution is -2.60. The molecule has 1 aliphatic rings. The number of carbonyl (C=O) groups excluding carboxylic acids is 1. The van der Waals surface area contributed by atoms with Crippen LogP contribution >= 0.6 is 0 Å². The number of nitrogens with one attached hydrogen (secondary N) is 1. The van der Waals surface area contributed by atoms with Gasteiger partial charge in [0, 0.05) is 6.42 Å². The first-order chi connectivity index (χ1) is 13.1. The van der Waals surface area contributed by atoms with Crippen molar-refractivity contribution in [2.75, 3.05) is 6.61 Å². The standard InChI is InChI=1S/C16H21NO11/c18-5-10-11(21)12(22)13(23)15(27-10)28-16(26)17-7(14(24)25)3-6-1-2-8(19)9(20)4-6/h1-2,4,7,10-13,15,18-23H,3,5H2,(H,17,26)(H,24,25)/t7-,10+,11+,12-,13+,15?/m0/s1. The Bertz CT molecular complexity index is 710. The van der Waals surface area contributed by atoms with Crippen LogP contribution in [-0.4, -0.2) is 91.2 Å². The van der Waals surface area contributed by atoms with Crippen LogP contribution in [0.15, 0.2) is 18.2 Å². The molecule has 6 atom stereocenters. The van der Waals surface area contributed by atoms with Crippen molar-refractivity contribution in [3.63, 3.8) is 0 Å². The number of hydrogen-bond acceptors (Lipinski definition) is 10. The first-order valence-corrected chi connectivity index (χ1v) is 8.15. The lowest BCUT2D eigenvalue weighted by Gasteiger charge is -2.39. The Morgan fingerprint density at radius 1 is 1.11 bits per heavy atom. The summed E-state index contributed by atoms with van der Waals surface area (Å²) in [5.74, 6) is -2.30. The fraction of sp³-hybridized carbons (Fsp3) is 0.500. The highest BCUT2D eigenvalue weighted by Gasteiger charge is 2.45. The average Bonchev–Trinajstić information content (AvgIpc) is 2.64. The van der Waals surface area contributed by atoms with Crippen LogP contribution < -0.4 is 5.32 Å². The van der Waals surface area contributed by atoms with E-state index in [1.165, 1.54) is 6.07 Å². The maximum Gasteiger partial charge on any atom is 0.410 e. The molecule has 0 aliphatic carbocycles. The van der Waals surface area contributed by atoms with E-state index in [2.05, 4.69) is 0 Å². The Kier molecular flexibility index (Phi) is 6.99. The van der Waals surface area contributed by atoms with E-state index >= 15 is 0 Å². The van der Waals surface area contributed by atoms with Gasteiger partial charge < -0.3 is 50.5 Å². The van der Waals surface area contributed by atoms with Crippen LogP contribution in [0.3, 0.4) is 0 Å². The molecular formula is C16H21NO11. The number of aliphatic hydroxyl groups excluding tert-OH is 4. The van der Waals surface area contributed by atoms with Crippen molar-refractivity contribution >= 4 is 12.1 Å². The van der Waals surface area contributed by atoms with Gasteiger partial charge in [-0.1, -0.05) is 6.07 Å². The van der Waals surface area contributed by atoms with E-state index in [9.17, 15) is 40.2 Å². The summed E-state index contributed by atoms with van der Waals surface area (Å²) in [5.41, 5.74) is 0.288. The topological polar surface area (TPSA) is 206 Å². The fourth-order valence-corrected chi connectivity index (χ4v) is 2.58. The van der Waals surface area contributed by atoms with E-state index in [0.717, 1.165) is 12.1 Å². The number of carboxylic acids is 1. The third-order valence-electron chi connectivity index (χ3n) is 4.14. The molecule has 0 bridgehead atoms. The van der Waals surface area contributed by atoms with Gasteiger partial charge in [-0.05, 0) is 17.7 Å². The molecule has 1 amide bonds. The maximum absolute atomic E-state index is 12.0. The van der Waals surface area contributed by atoms with Crippen molar-refractivity contribution in [3.8, 4) is 11.5 Å². The van der Waals surface area contributed by atoms with Crippen molar-refractivity contribution < 1.29 is 54.8 Å². The Morgan fingerprint density at radius 2 is 1.79 bits per heavy atom. The molecule has 156 valence electrons. The number of aliphatic carboxylic acids is 1. The molecule has 1 aliphatic heterocycles. The van der Waals surface area contributed by atoms with E-state index in [0.29, 0.717) is 0 Å². The number of phenolic OH excluding ortho intramolecular Hbond substituents is 2. The molecule has 0 spiro atoms. The highest BCUT2D eigenvalue weighted by atomic mass is 16.7. The third kappa shape index (κ3) is 4.99. The molecule has 1 aromatic rings. The Morgan fingerprint density at radius 3 is 2.36 bits per heavy atom. The zero-order chi connectivity index (χ0) is 21.0. The van der Waals surface area contributed by atoms with Gasteiger partial charge in [0.1, 0.15) is 30.5 Å². The minimum absolute atomic E-state index is 0.271. The Hall–Kier alpha value is -2.64. The van der Waals surface area contributed by atoms with E-state index in [-0.39, 0.29) is 12.0 Å². The van der Waals surface area contributed by atoms with Gasteiger partial charge >= 0.3 is 12.1 Å². The van der Waals surface area contributed by atoms with Gasteiger partial charge in [0.2, 0.25) is 6.29 Å². The Labute approximate surface area is 158 Å². The lowest BCUT2D eigenvalue weighted by atomic mass is 9.99. The largest absolute Gasteiger partial charge is 0.504 e. The quantitative estimate of drug-likeness (QED) is 0.235. The molecule has 8 N–H and O–H groups in total. The number of aliphatic hydroxyl groups is 4. The number of carboxylic acid groups (broad SMARTS) is 1. The molecule has 1 unspecified atom stereocenters. The second kappa shape index (κ2) is 9.03. The number of rotatable bonds is 6. The predicted molar refractivity (Wildman–Crippen MR) is 88.3 cm³/mol. The van der Waals surface area contributed by atoms with Gasteiger partial charge in [-0.25, -0.2) is 9.59 Å². The number of benzene rings is 1. The average molecular weight is 403 g/mol. The van der Waals surface area contributed by atoms with E-state index in [1.54, 1.807) is 0 Å². The first-order valence-electron chi connectivity index (χ1n) is 8.15. The van der Waals surface area contributed by atoms with Gasteiger partial charge in [0.05, 0.1) is 6.61 Å². The molecule has 12 heteroatoms. The molecule has 1 fully saturated rings. The minimum Gasteiger partial charge on any atom is -0.504 e. The lowest BCUT2D eigenvalue weighted by molar-refractivity contribution is -0.285. The zero-order valence-electron chi connectivity index (χ0n) is 14.4. The number of carbonyl (C=O) groups is 2. The van der Waals surface area contributed by atoms with Gasteiger partial charge in [-0.15, -0.1) is 0 Å². The molecule has 0 aromatic heterocycles. The highest BCUT2D eigenvalue weighted by molar-refractivity contribution is 5.80. The monoisotopic (exact) mass is 403 g/mol. The zero-order valence-corrected chi connectivity index (χ0v) is 14.4. The van der Waals surface area contributed by atoms with E-state index < -0.39 is 66.9 Å². The summed E-state index contributed by atoms with van der Waals surface area (Å²) in [6.45, 7) is -0.728. The number of amides is 1. The minimum atomic E-state index is -1.83. The number of phenols is 2. The molecule has 0 radical (unpaired) electrons. The summed E-state index contributed by atoms with van der Waals surface area (Å²) < 4.78 is 9.75. The summed E-state index contributed by atoms with van der Waals surface area (Å²) >= 11 is 0. The molecule has 1 heterocycles. The van der Waals surface area contributed by atoms with Gasteiger partial charge in [0.15, 0.2) is 11.5 Å². The van der Waals surface area contributed by atoms with Crippen LogP contribution in [-0.2, 0) is 20.7 Å². The maximum atomic E-state index is 12.0. The molecule has 0 saturated carbocycles. The summed E-state index contributed by atoms with van der Waals surface area (Å²) in [7, 11) is 0. The first kappa shape index (κ1) is 21.7. The fourth-order valence-electron chi connectivity index (χ4n) is 2.58. The van der Waals surface area contributed by atoms with Crippen LogP contribution in [0.2, 0.25) is 0 Å². The molecular weight excluding hydrogens is 382 g/mol. The summed E-state index contributed by atoms with van der Waals surface area (Å²) in [6, 6.07) is 2.11.